The van der Waals surface area contributed by atoms with Gasteiger partial charge in [-0.2, -0.15) is 11.3 Å². The SMILES string of the molecule is CCc1nc(NN)c(C)c(NC(C)c2ccsc2)n1. The summed E-state index contributed by atoms with van der Waals surface area (Å²) in [6.45, 7) is 6.10. The van der Waals surface area contributed by atoms with E-state index in [9.17, 15) is 0 Å². The number of rotatable bonds is 5. The van der Waals surface area contributed by atoms with Crippen molar-refractivity contribution in [2.75, 3.05) is 10.7 Å². The maximum Gasteiger partial charge on any atom is 0.148 e. The molecule has 2 rings (SSSR count). The molecule has 4 N–H and O–H groups in total. The zero-order valence-electron chi connectivity index (χ0n) is 11.4. The van der Waals surface area contributed by atoms with Crippen molar-refractivity contribution < 1.29 is 0 Å². The first-order chi connectivity index (χ1) is 9.15. The molecule has 0 fully saturated rings. The Bertz CT molecular complexity index is 538. The van der Waals surface area contributed by atoms with Crippen LogP contribution in [0.2, 0.25) is 0 Å². The van der Waals surface area contributed by atoms with Gasteiger partial charge in [-0.3, -0.25) is 0 Å². The molecule has 5 nitrogen and oxygen atoms in total. The molecule has 0 radical (unpaired) electrons. The van der Waals surface area contributed by atoms with Crippen LogP contribution in [-0.4, -0.2) is 9.97 Å². The van der Waals surface area contributed by atoms with Crippen LogP contribution in [-0.2, 0) is 6.42 Å². The van der Waals surface area contributed by atoms with Crippen LogP contribution in [0.25, 0.3) is 0 Å². The highest BCUT2D eigenvalue weighted by Crippen LogP contribution is 2.25. The minimum atomic E-state index is 0.204. The number of nitrogens with two attached hydrogens (primary N) is 1. The second-order valence-electron chi connectivity index (χ2n) is 4.38. The molecular formula is C13H19N5S. The molecule has 2 aromatic rings. The van der Waals surface area contributed by atoms with E-state index in [0.717, 1.165) is 23.6 Å². The third-order valence-electron chi connectivity index (χ3n) is 3.04. The molecule has 102 valence electrons. The van der Waals surface area contributed by atoms with Crippen molar-refractivity contribution in [3.8, 4) is 0 Å². The van der Waals surface area contributed by atoms with E-state index in [0.29, 0.717) is 5.82 Å². The van der Waals surface area contributed by atoms with E-state index in [4.69, 9.17) is 5.84 Å². The highest BCUT2D eigenvalue weighted by Gasteiger charge is 2.13. The van der Waals surface area contributed by atoms with E-state index >= 15 is 0 Å². The maximum atomic E-state index is 5.50. The van der Waals surface area contributed by atoms with Gasteiger partial charge < -0.3 is 10.7 Å². The summed E-state index contributed by atoms with van der Waals surface area (Å²) in [6, 6.07) is 2.32. The number of nitrogens with zero attached hydrogens (tertiary/aromatic N) is 2. The van der Waals surface area contributed by atoms with Gasteiger partial charge in [0.1, 0.15) is 17.5 Å². The summed E-state index contributed by atoms with van der Waals surface area (Å²) in [5.41, 5.74) is 4.81. The molecule has 0 bridgehead atoms. The van der Waals surface area contributed by atoms with Crippen molar-refractivity contribution in [2.45, 2.75) is 33.2 Å². The minimum absolute atomic E-state index is 0.204. The first kappa shape index (κ1) is 13.8. The van der Waals surface area contributed by atoms with Gasteiger partial charge in [0.25, 0.3) is 0 Å². The number of aromatic nitrogens is 2. The maximum absolute atomic E-state index is 5.50. The topological polar surface area (TPSA) is 75.9 Å². The summed E-state index contributed by atoms with van der Waals surface area (Å²) in [4.78, 5) is 8.89. The van der Waals surface area contributed by atoms with Gasteiger partial charge in [0.05, 0.1) is 6.04 Å². The van der Waals surface area contributed by atoms with Crippen molar-refractivity contribution in [3.05, 3.63) is 33.8 Å². The third-order valence-corrected chi connectivity index (χ3v) is 3.74. The molecule has 0 aromatic carbocycles. The van der Waals surface area contributed by atoms with Crippen LogP contribution in [0.5, 0.6) is 0 Å². The first-order valence-electron chi connectivity index (χ1n) is 6.28. The molecule has 0 amide bonds. The number of nitrogens with one attached hydrogen (secondary N) is 2. The van der Waals surface area contributed by atoms with Crippen LogP contribution in [0, 0.1) is 6.92 Å². The fraction of sp³-hybridized carbons (Fsp3) is 0.385. The lowest BCUT2D eigenvalue weighted by Gasteiger charge is -2.17. The Morgan fingerprint density at radius 2 is 2.11 bits per heavy atom. The fourth-order valence-electron chi connectivity index (χ4n) is 1.81. The Morgan fingerprint density at radius 1 is 1.37 bits per heavy atom. The normalized spacial score (nSPS) is 12.2. The predicted octanol–water partition coefficient (Wildman–Crippen LogP) is 2.87. The lowest BCUT2D eigenvalue weighted by molar-refractivity contribution is 0.855. The highest BCUT2D eigenvalue weighted by molar-refractivity contribution is 7.07. The highest BCUT2D eigenvalue weighted by atomic mass is 32.1. The molecule has 2 aromatic heterocycles. The molecule has 0 aliphatic rings. The van der Waals surface area contributed by atoms with Gasteiger partial charge in [-0.05, 0) is 36.2 Å². The van der Waals surface area contributed by atoms with Crippen molar-refractivity contribution >= 4 is 23.0 Å². The van der Waals surface area contributed by atoms with Crippen LogP contribution < -0.4 is 16.6 Å². The monoisotopic (exact) mass is 277 g/mol. The zero-order valence-corrected chi connectivity index (χ0v) is 12.2. The van der Waals surface area contributed by atoms with E-state index in [1.807, 2.05) is 13.8 Å². The lowest BCUT2D eigenvalue weighted by Crippen LogP contribution is -2.16. The third kappa shape index (κ3) is 3.02. The molecule has 2 heterocycles. The van der Waals surface area contributed by atoms with Gasteiger partial charge in [-0.25, -0.2) is 15.8 Å². The van der Waals surface area contributed by atoms with Gasteiger partial charge in [-0.1, -0.05) is 6.92 Å². The van der Waals surface area contributed by atoms with Crippen LogP contribution in [0.15, 0.2) is 16.8 Å². The summed E-state index contributed by atoms with van der Waals surface area (Å²) < 4.78 is 0. The van der Waals surface area contributed by atoms with Gasteiger partial charge in [-0.15, -0.1) is 0 Å². The summed E-state index contributed by atoms with van der Waals surface area (Å²) in [5.74, 6) is 7.78. The van der Waals surface area contributed by atoms with E-state index in [-0.39, 0.29) is 6.04 Å². The number of hydrazine groups is 1. The zero-order chi connectivity index (χ0) is 13.8. The lowest BCUT2D eigenvalue weighted by atomic mass is 10.1. The molecule has 19 heavy (non-hydrogen) atoms. The Balaban J connectivity index is 2.28. The van der Waals surface area contributed by atoms with E-state index in [2.05, 4.69) is 44.5 Å². The van der Waals surface area contributed by atoms with Crippen molar-refractivity contribution in [2.24, 2.45) is 5.84 Å². The van der Waals surface area contributed by atoms with Crippen molar-refractivity contribution in [1.82, 2.24) is 9.97 Å². The Morgan fingerprint density at radius 3 is 2.68 bits per heavy atom. The van der Waals surface area contributed by atoms with E-state index in [1.54, 1.807) is 11.3 Å². The molecule has 6 heteroatoms. The van der Waals surface area contributed by atoms with E-state index < -0.39 is 0 Å². The van der Waals surface area contributed by atoms with Crippen LogP contribution in [0.3, 0.4) is 0 Å². The van der Waals surface area contributed by atoms with Gasteiger partial charge in [0, 0.05) is 12.0 Å². The molecule has 0 spiro atoms. The van der Waals surface area contributed by atoms with Crippen LogP contribution in [0.4, 0.5) is 11.6 Å². The standard InChI is InChI=1S/C13H19N5S/c1-4-11-16-12(8(2)13(17-11)18-14)15-9(3)10-5-6-19-7-10/h5-7,9H,4,14H2,1-3H3,(H2,15,16,17,18). The number of hydrogen-bond acceptors (Lipinski definition) is 6. The van der Waals surface area contributed by atoms with Crippen molar-refractivity contribution in [3.63, 3.8) is 0 Å². The number of thiophene rings is 1. The van der Waals surface area contributed by atoms with Crippen LogP contribution >= 0.6 is 11.3 Å². The van der Waals surface area contributed by atoms with Crippen molar-refractivity contribution in [1.29, 1.82) is 0 Å². The molecule has 1 unspecified atom stereocenters. The summed E-state index contributed by atoms with van der Waals surface area (Å²) in [7, 11) is 0. The number of aryl methyl sites for hydroxylation is 1. The quantitative estimate of drug-likeness (QED) is 0.579. The fourth-order valence-corrected chi connectivity index (χ4v) is 2.57. The minimum Gasteiger partial charge on any atom is -0.363 e. The average molecular weight is 277 g/mol. The largest absolute Gasteiger partial charge is 0.363 e. The van der Waals surface area contributed by atoms with E-state index in [1.165, 1.54) is 5.56 Å². The average Bonchev–Trinajstić information content (AvgIpc) is 2.95. The van der Waals surface area contributed by atoms with Crippen LogP contribution in [0.1, 0.15) is 36.8 Å². The summed E-state index contributed by atoms with van der Waals surface area (Å²) >= 11 is 1.69. The Kier molecular flexibility index (Phi) is 4.34. The molecule has 0 saturated heterocycles. The Labute approximate surface area is 117 Å². The number of anilines is 2. The number of hydrogen-bond donors (Lipinski definition) is 3. The van der Waals surface area contributed by atoms with Gasteiger partial charge in [0.15, 0.2) is 0 Å². The first-order valence-corrected chi connectivity index (χ1v) is 7.22. The molecule has 1 atom stereocenters. The Hall–Kier alpha value is -1.66. The summed E-state index contributed by atoms with van der Waals surface area (Å²) in [6.07, 6.45) is 0.774. The summed E-state index contributed by atoms with van der Waals surface area (Å²) in [5, 5.41) is 7.63. The molecular weight excluding hydrogens is 258 g/mol. The molecule has 0 saturated carbocycles. The van der Waals surface area contributed by atoms with Gasteiger partial charge in [0.2, 0.25) is 0 Å². The second-order valence-corrected chi connectivity index (χ2v) is 5.16. The molecule has 0 aliphatic carbocycles. The smallest absolute Gasteiger partial charge is 0.148 e. The number of nitrogen functional groups attached to an aromatic ring is 1. The predicted molar refractivity (Wildman–Crippen MR) is 80.3 cm³/mol. The van der Waals surface area contributed by atoms with Gasteiger partial charge >= 0.3 is 0 Å². The second kappa shape index (κ2) is 5.99. The molecule has 0 aliphatic heterocycles.